The van der Waals surface area contributed by atoms with Gasteiger partial charge in [0.1, 0.15) is 0 Å². The fourth-order valence-electron chi connectivity index (χ4n) is 2.93. The Balaban J connectivity index is 1.97. The second-order valence-corrected chi connectivity index (χ2v) is 5.71. The Morgan fingerprint density at radius 2 is 1.45 bits per heavy atom. The van der Waals surface area contributed by atoms with Crippen molar-refractivity contribution < 1.29 is 0 Å². The molecule has 4 rings (SSSR count). The van der Waals surface area contributed by atoms with Crippen LogP contribution in [-0.2, 0) is 5.88 Å². The molecule has 0 nitrogen and oxygen atoms in total. The van der Waals surface area contributed by atoms with Gasteiger partial charge in [-0.05, 0) is 56.4 Å². The summed E-state index contributed by atoms with van der Waals surface area (Å²) in [7, 11) is 0. The summed E-state index contributed by atoms with van der Waals surface area (Å²) >= 11 is 6.17. The molecule has 0 atom stereocenters. The third kappa shape index (κ3) is 2.26. The molecule has 0 aromatic heterocycles. The molecule has 0 bridgehead atoms. The number of hydrogen-bond acceptors (Lipinski definition) is 0. The summed E-state index contributed by atoms with van der Waals surface area (Å²) in [6.07, 6.45) is 0. The molecule has 0 saturated heterocycles. The van der Waals surface area contributed by atoms with Crippen molar-refractivity contribution in [1.29, 1.82) is 0 Å². The SMILES string of the molecule is ClCc1[c]c2ccccc2cc1-c1ccc2ccccc2c1. The zero-order chi connectivity index (χ0) is 14.9. The van der Waals surface area contributed by atoms with Crippen LogP contribution in [0.4, 0.5) is 0 Å². The molecule has 1 heteroatoms. The molecule has 1 radical (unpaired) electrons. The Morgan fingerprint density at radius 1 is 0.727 bits per heavy atom. The van der Waals surface area contributed by atoms with Gasteiger partial charge in [-0.3, -0.25) is 0 Å². The van der Waals surface area contributed by atoms with E-state index in [0.29, 0.717) is 5.88 Å². The van der Waals surface area contributed by atoms with Crippen LogP contribution in [0.15, 0.2) is 72.8 Å². The maximum atomic E-state index is 6.17. The van der Waals surface area contributed by atoms with Gasteiger partial charge in [0.25, 0.3) is 0 Å². The normalized spacial score (nSPS) is 11.1. The van der Waals surface area contributed by atoms with Gasteiger partial charge in [-0.15, -0.1) is 11.6 Å². The van der Waals surface area contributed by atoms with Crippen LogP contribution in [-0.4, -0.2) is 0 Å². The lowest BCUT2D eigenvalue weighted by molar-refractivity contribution is 1.41. The van der Waals surface area contributed by atoms with Crippen LogP contribution < -0.4 is 0 Å². The lowest BCUT2D eigenvalue weighted by Gasteiger charge is -2.10. The molecule has 4 aromatic rings. The van der Waals surface area contributed by atoms with Crippen LogP contribution in [0.25, 0.3) is 32.7 Å². The molecule has 0 heterocycles. The van der Waals surface area contributed by atoms with Gasteiger partial charge in [-0.1, -0.05) is 60.7 Å². The first kappa shape index (κ1) is 13.4. The van der Waals surface area contributed by atoms with E-state index in [1.54, 1.807) is 0 Å². The summed E-state index contributed by atoms with van der Waals surface area (Å²) in [6, 6.07) is 28.9. The maximum Gasteiger partial charge on any atom is 0.0486 e. The van der Waals surface area contributed by atoms with E-state index in [1.165, 1.54) is 27.3 Å². The zero-order valence-corrected chi connectivity index (χ0v) is 12.8. The van der Waals surface area contributed by atoms with E-state index in [2.05, 4.69) is 72.8 Å². The largest absolute Gasteiger partial charge is 0.122 e. The van der Waals surface area contributed by atoms with Gasteiger partial charge in [-0.25, -0.2) is 0 Å². The Hall–Kier alpha value is -2.31. The first-order chi connectivity index (χ1) is 10.8. The number of alkyl halides is 1. The minimum atomic E-state index is 0.465. The molecule has 0 aliphatic rings. The topological polar surface area (TPSA) is 0 Å². The number of benzene rings is 4. The summed E-state index contributed by atoms with van der Waals surface area (Å²) in [4.78, 5) is 0. The smallest absolute Gasteiger partial charge is 0.0486 e. The molecule has 0 amide bonds. The number of fused-ring (bicyclic) bond motifs is 2. The fraction of sp³-hybridized carbons (Fsp3) is 0.0476. The Bertz CT molecular complexity index is 970. The van der Waals surface area contributed by atoms with Crippen LogP contribution in [0.3, 0.4) is 0 Å². The van der Waals surface area contributed by atoms with Gasteiger partial charge in [0.05, 0.1) is 0 Å². The molecule has 0 fully saturated rings. The second kappa shape index (κ2) is 5.47. The highest BCUT2D eigenvalue weighted by Crippen LogP contribution is 2.31. The molecule has 0 spiro atoms. The van der Waals surface area contributed by atoms with Crippen LogP contribution >= 0.6 is 11.6 Å². The number of halogens is 1. The summed E-state index contributed by atoms with van der Waals surface area (Å²) in [5.41, 5.74) is 3.41. The van der Waals surface area contributed by atoms with Crippen LogP contribution in [0.5, 0.6) is 0 Å². The van der Waals surface area contributed by atoms with E-state index in [-0.39, 0.29) is 0 Å². The Kier molecular flexibility index (Phi) is 3.32. The third-order valence-electron chi connectivity index (χ3n) is 4.07. The fourth-order valence-corrected chi connectivity index (χ4v) is 3.14. The van der Waals surface area contributed by atoms with Crippen LogP contribution in [0, 0.1) is 6.07 Å². The summed E-state index contributed by atoms with van der Waals surface area (Å²) in [6.45, 7) is 0. The number of rotatable bonds is 2. The van der Waals surface area contributed by atoms with Gasteiger partial charge in [-0.2, -0.15) is 0 Å². The van der Waals surface area contributed by atoms with Crippen molar-refractivity contribution >= 4 is 33.1 Å². The zero-order valence-electron chi connectivity index (χ0n) is 12.0. The third-order valence-corrected chi connectivity index (χ3v) is 4.33. The monoisotopic (exact) mass is 301 g/mol. The molecule has 4 aromatic carbocycles. The lowest BCUT2D eigenvalue weighted by Crippen LogP contribution is -1.88. The van der Waals surface area contributed by atoms with Gasteiger partial charge in [0, 0.05) is 5.88 Å². The van der Waals surface area contributed by atoms with Crippen molar-refractivity contribution in [3.8, 4) is 11.1 Å². The van der Waals surface area contributed by atoms with E-state index >= 15 is 0 Å². The average Bonchev–Trinajstić information content (AvgIpc) is 2.60. The minimum absolute atomic E-state index is 0.465. The van der Waals surface area contributed by atoms with Gasteiger partial charge in [0.2, 0.25) is 0 Å². The van der Waals surface area contributed by atoms with Crippen molar-refractivity contribution in [2.75, 3.05) is 0 Å². The lowest BCUT2D eigenvalue weighted by atomic mass is 9.95. The molecule has 0 aliphatic carbocycles. The molecule has 0 unspecified atom stereocenters. The standard InChI is InChI=1S/C21H14Cl/c22-14-20-12-17-7-3-4-8-18(17)13-21(20)19-10-9-15-5-1-2-6-16(15)11-19/h1-11,13H,14H2. The highest BCUT2D eigenvalue weighted by Gasteiger charge is 2.08. The number of hydrogen-bond donors (Lipinski definition) is 0. The summed E-state index contributed by atoms with van der Waals surface area (Å²) in [5.74, 6) is 0.465. The van der Waals surface area contributed by atoms with Gasteiger partial charge in [0.15, 0.2) is 0 Å². The maximum absolute atomic E-state index is 6.17. The molecule has 0 N–H and O–H groups in total. The Morgan fingerprint density at radius 3 is 2.27 bits per heavy atom. The quantitative estimate of drug-likeness (QED) is 0.387. The minimum Gasteiger partial charge on any atom is -0.122 e. The van der Waals surface area contributed by atoms with Gasteiger partial charge < -0.3 is 0 Å². The first-order valence-electron chi connectivity index (χ1n) is 7.34. The average molecular weight is 302 g/mol. The van der Waals surface area contributed by atoms with Crippen molar-refractivity contribution in [2.45, 2.75) is 5.88 Å². The van der Waals surface area contributed by atoms with E-state index in [0.717, 1.165) is 10.9 Å². The summed E-state index contributed by atoms with van der Waals surface area (Å²) in [5, 5.41) is 4.80. The molecular formula is C21H14Cl. The van der Waals surface area contributed by atoms with E-state index in [4.69, 9.17) is 11.6 Å². The van der Waals surface area contributed by atoms with Crippen LogP contribution in [0.2, 0.25) is 0 Å². The Labute approximate surface area is 135 Å². The molecule has 105 valence electrons. The second-order valence-electron chi connectivity index (χ2n) is 5.44. The van der Waals surface area contributed by atoms with Crippen molar-refractivity contribution in [3.05, 3.63) is 84.4 Å². The summed E-state index contributed by atoms with van der Waals surface area (Å²) < 4.78 is 0. The van der Waals surface area contributed by atoms with E-state index in [1.807, 2.05) is 6.07 Å². The molecule has 0 aliphatic heterocycles. The predicted molar refractivity (Wildman–Crippen MR) is 95.3 cm³/mol. The van der Waals surface area contributed by atoms with Crippen molar-refractivity contribution in [1.82, 2.24) is 0 Å². The van der Waals surface area contributed by atoms with Crippen LogP contribution in [0.1, 0.15) is 5.56 Å². The van der Waals surface area contributed by atoms with Crippen molar-refractivity contribution in [3.63, 3.8) is 0 Å². The predicted octanol–water partition coefficient (Wildman–Crippen LogP) is 6.20. The molecule has 0 saturated carbocycles. The van der Waals surface area contributed by atoms with E-state index < -0.39 is 0 Å². The van der Waals surface area contributed by atoms with Crippen molar-refractivity contribution in [2.24, 2.45) is 0 Å². The molecule has 22 heavy (non-hydrogen) atoms. The van der Waals surface area contributed by atoms with Gasteiger partial charge >= 0.3 is 0 Å². The first-order valence-corrected chi connectivity index (χ1v) is 7.88. The molecular weight excluding hydrogens is 288 g/mol. The highest BCUT2D eigenvalue weighted by molar-refractivity contribution is 6.17. The highest BCUT2D eigenvalue weighted by atomic mass is 35.5. The van der Waals surface area contributed by atoms with E-state index in [9.17, 15) is 0 Å².